The summed E-state index contributed by atoms with van der Waals surface area (Å²) in [5.41, 5.74) is 7.58. The Kier molecular flexibility index (Phi) is 4.16. The zero-order valence-corrected chi connectivity index (χ0v) is 12.1. The maximum Gasteiger partial charge on any atom is 0.188 e. The van der Waals surface area contributed by atoms with E-state index in [9.17, 15) is 0 Å². The first-order valence-electron chi connectivity index (χ1n) is 6.17. The fraction of sp³-hybridized carbons (Fsp3) is 0.417. The second-order valence-electron chi connectivity index (χ2n) is 4.20. The van der Waals surface area contributed by atoms with Crippen LogP contribution in [0, 0.1) is 13.8 Å². The average molecular weight is 278 g/mol. The van der Waals surface area contributed by atoms with E-state index in [1.165, 1.54) is 11.2 Å². The van der Waals surface area contributed by atoms with Crippen molar-refractivity contribution in [2.24, 2.45) is 0 Å². The summed E-state index contributed by atoms with van der Waals surface area (Å²) in [4.78, 5) is 13.9. The summed E-state index contributed by atoms with van der Waals surface area (Å²) in [7, 11) is 0. The van der Waals surface area contributed by atoms with Gasteiger partial charge in [0.15, 0.2) is 16.8 Å². The van der Waals surface area contributed by atoms with Gasteiger partial charge in [0.25, 0.3) is 0 Å². The van der Waals surface area contributed by atoms with Crippen LogP contribution in [0.4, 0.5) is 22.5 Å². The van der Waals surface area contributed by atoms with Crippen LogP contribution in [0.5, 0.6) is 0 Å². The highest BCUT2D eigenvalue weighted by Crippen LogP contribution is 2.28. The third-order valence-electron chi connectivity index (χ3n) is 2.68. The van der Waals surface area contributed by atoms with Gasteiger partial charge in [-0.3, -0.25) is 0 Å². The Morgan fingerprint density at radius 1 is 1.26 bits per heavy atom. The maximum atomic E-state index is 6.04. The summed E-state index contributed by atoms with van der Waals surface area (Å²) in [5.74, 6) is 1.24. The first-order chi connectivity index (χ1) is 9.11. The van der Waals surface area contributed by atoms with Gasteiger partial charge in [-0.15, -0.1) is 11.3 Å². The van der Waals surface area contributed by atoms with Crippen LogP contribution in [0.2, 0.25) is 0 Å². The molecule has 2 rings (SSSR count). The summed E-state index contributed by atoms with van der Waals surface area (Å²) in [6.45, 7) is 6.94. The minimum atomic E-state index is 0.515. The number of aromatic nitrogens is 3. The van der Waals surface area contributed by atoms with E-state index in [-0.39, 0.29) is 0 Å². The van der Waals surface area contributed by atoms with Gasteiger partial charge in [0.1, 0.15) is 12.0 Å². The normalized spacial score (nSPS) is 10.5. The summed E-state index contributed by atoms with van der Waals surface area (Å²) in [6, 6.07) is 0. The Morgan fingerprint density at radius 3 is 2.63 bits per heavy atom. The fourth-order valence-corrected chi connectivity index (χ4v) is 2.32. The van der Waals surface area contributed by atoms with Crippen LogP contribution in [0.3, 0.4) is 0 Å². The number of thiazole rings is 1. The van der Waals surface area contributed by atoms with E-state index in [0.717, 1.165) is 23.8 Å². The Balaban J connectivity index is 2.20. The Morgan fingerprint density at radius 2 is 2.00 bits per heavy atom. The number of aryl methyl sites for hydroxylation is 2. The number of hydrogen-bond donors (Lipinski definition) is 3. The van der Waals surface area contributed by atoms with Crippen LogP contribution in [0.1, 0.15) is 23.9 Å². The first-order valence-corrected chi connectivity index (χ1v) is 6.98. The highest BCUT2D eigenvalue weighted by molar-refractivity contribution is 7.15. The molecule has 0 saturated heterocycles. The van der Waals surface area contributed by atoms with Crippen molar-refractivity contribution < 1.29 is 0 Å². The Labute approximate surface area is 116 Å². The van der Waals surface area contributed by atoms with Crippen LogP contribution in [0.15, 0.2) is 6.33 Å². The first kappa shape index (κ1) is 13.5. The van der Waals surface area contributed by atoms with Crippen molar-refractivity contribution in [3.05, 3.63) is 16.9 Å². The second-order valence-corrected chi connectivity index (χ2v) is 5.40. The van der Waals surface area contributed by atoms with Crippen LogP contribution >= 0.6 is 11.3 Å². The summed E-state index contributed by atoms with van der Waals surface area (Å²) >= 11 is 1.58. The molecule has 2 aromatic heterocycles. The van der Waals surface area contributed by atoms with Crippen LogP contribution in [-0.2, 0) is 0 Å². The minimum Gasteiger partial charge on any atom is -0.393 e. The molecular weight excluding hydrogens is 260 g/mol. The van der Waals surface area contributed by atoms with E-state index in [2.05, 4.69) is 32.5 Å². The molecule has 0 saturated carbocycles. The number of anilines is 4. The van der Waals surface area contributed by atoms with Crippen molar-refractivity contribution in [3.8, 4) is 0 Å². The molecule has 0 bridgehead atoms. The molecule has 0 aliphatic heterocycles. The predicted octanol–water partition coefficient (Wildman–Crippen LogP) is 2.70. The van der Waals surface area contributed by atoms with Crippen molar-refractivity contribution in [3.63, 3.8) is 0 Å². The van der Waals surface area contributed by atoms with Crippen LogP contribution < -0.4 is 16.4 Å². The highest BCUT2D eigenvalue weighted by atomic mass is 32.1. The van der Waals surface area contributed by atoms with Gasteiger partial charge in [-0.25, -0.2) is 15.0 Å². The largest absolute Gasteiger partial charge is 0.393 e. The zero-order chi connectivity index (χ0) is 13.8. The van der Waals surface area contributed by atoms with Crippen molar-refractivity contribution in [1.29, 1.82) is 0 Å². The lowest BCUT2D eigenvalue weighted by Crippen LogP contribution is -2.08. The van der Waals surface area contributed by atoms with E-state index >= 15 is 0 Å². The van der Waals surface area contributed by atoms with Crippen molar-refractivity contribution in [2.75, 3.05) is 22.9 Å². The molecule has 0 unspecified atom stereocenters. The number of nitrogens with zero attached hydrogens (tertiary/aromatic N) is 3. The minimum absolute atomic E-state index is 0.515. The molecule has 2 heterocycles. The van der Waals surface area contributed by atoms with Crippen molar-refractivity contribution in [2.45, 2.75) is 27.2 Å². The van der Waals surface area contributed by atoms with E-state index in [1.54, 1.807) is 11.3 Å². The molecule has 0 atom stereocenters. The molecule has 7 heteroatoms. The van der Waals surface area contributed by atoms with Crippen molar-refractivity contribution in [1.82, 2.24) is 15.0 Å². The highest BCUT2D eigenvalue weighted by Gasteiger charge is 2.10. The van der Waals surface area contributed by atoms with Gasteiger partial charge in [-0.2, -0.15) is 0 Å². The van der Waals surface area contributed by atoms with Crippen molar-refractivity contribution >= 4 is 33.8 Å². The molecule has 6 nitrogen and oxygen atoms in total. The number of nitrogens with one attached hydrogen (secondary N) is 2. The van der Waals surface area contributed by atoms with E-state index in [0.29, 0.717) is 17.3 Å². The van der Waals surface area contributed by atoms with Gasteiger partial charge in [0, 0.05) is 11.4 Å². The molecule has 0 aliphatic rings. The quantitative estimate of drug-likeness (QED) is 0.779. The van der Waals surface area contributed by atoms with E-state index in [4.69, 9.17) is 5.73 Å². The second kappa shape index (κ2) is 5.83. The molecular formula is C12H18N6S. The SMILES string of the molecule is CCCNc1ncnc(Nc2nc(C)c(C)s2)c1N. The molecule has 0 fully saturated rings. The molecule has 0 amide bonds. The number of rotatable bonds is 5. The summed E-state index contributed by atoms with van der Waals surface area (Å²) in [5, 5.41) is 7.11. The third-order valence-corrected chi connectivity index (χ3v) is 3.67. The molecule has 0 radical (unpaired) electrons. The molecule has 0 aliphatic carbocycles. The van der Waals surface area contributed by atoms with E-state index < -0.39 is 0 Å². The van der Waals surface area contributed by atoms with Gasteiger partial charge < -0.3 is 16.4 Å². The lowest BCUT2D eigenvalue weighted by molar-refractivity contribution is 0.966. The van der Waals surface area contributed by atoms with Gasteiger partial charge in [-0.05, 0) is 20.3 Å². The number of nitrogens with two attached hydrogens (primary N) is 1. The Bertz CT molecular complexity index is 546. The summed E-state index contributed by atoms with van der Waals surface area (Å²) in [6.07, 6.45) is 2.50. The molecule has 2 aromatic rings. The van der Waals surface area contributed by atoms with Gasteiger partial charge in [0.2, 0.25) is 0 Å². The molecule has 0 aromatic carbocycles. The fourth-order valence-electron chi connectivity index (χ4n) is 1.51. The Hall–Kier alpha value is -1.89. The van der Waals surface area contributed by atoms with Crippen LogP contribution in [0.25, 0.3) is 0 Å². The molecule has 102 valence electrons. The maximum absolute atomic E-state index is 6.04. The smallest absolute Gasteiger partial charge is 0.188 e. The number of nitrogen functional groups attached to an aromatic ring is 1. The number of hydrogen-bond acceptors (Lipinski definition) is 7. The lowest BCUT2D eigenvalue weighted by atomic mass is 10.4. The third kappa shape index (κ3) is 3.11. The standard InChI is InChI=1S/C12H18N6S/c1-4-5-14-10-9(13)11(16-6-15-10)18-12-17-7(2)8(3)19-12/h6H,4-5,13H2,1-3H3,(H2,14,15,16,17,18). The van der Waals surface area contributed by atoms with E-state index in [1.807, 2.05) is 13.8 Å². The molecule has 19 heavy (non-hydrogen) atoms. The zero-order valence-electron chi connectivity index (χ0n) is 11.3. The monoisotopic (exact) mass is 278 g/mol. The predicted molar refractivity (Wildman–Crippen MR) is 80.1 cm³/mol. The van der Waals surface area contributed by atoms with Gasteiger partial charge in [-0.1, -0.05) is 6.92 Å². The molecule has 4 N–H and O–H groups in total. The average Bonchev–Trinajstić information content (AvgIpc) is 2.69. The molecule has 0 spiro atoms. The topological polar surface area (TPSA) is 88.8 Å². The van der Waals surface area contributed by atoms with Gasteiger partial charge >= 0.3 is 0 Å². The summed E-state index contributed by atoms with van der Waals surface area (Å²) < 4.78 is 0. The van der Waals surface area contributed by atoms with Crippen LogP contribution in [-0.4, -0.2) is 21.5 Å². The van der Waals surface area contributed by atoms with Gasteiger partial charge in [0.05, 0.1) is 5.69 Å². The lowest BCUT2D eigenvalue weighted by Gasteiger charge is -2.10.